The molecule has 1 saturated heterocycles. The average molecular weight is 423 g/mol. The number of halogens is 2. The van der Waals surface area contributed by atoms with Crippen LogP contribution in [0.5, 0.6) is 0 Å². The van der Waals surface area contributed by atoms with Gasteiger partial charge in [0.15, 0.2) is 0 Å². The highest BCUT2D eigenvalue weighted by molar-refractivity contribution is 6.36. The van der Waals surface area contributed by atoms with E-state index in [-0.39, 0.29) is 12.1 Å². The molecular weight excluding hydrogens is 395 g/mol. The van der Waals surface area contributed by atoms with Crippen LogP contribution in [0.4, 0.5) is 5.82 Å². The van der Waals surface area contributed by atoms with Crippen LogP contribution in [0.3, 0.4) is 0 Å². The molecule has 0 saturated carbocycles. The van der Waals surface area contributed by atoms with Gasteiger partial charge in [0.05, 0.1) is 34.3 Å². The van der Waals surface area contributed by atoms with Gasteiger partial charge >= 0.3 is 0 Å². The topological polar surface area (TPSA) is 50.3 Å². The maximum atomic E-state index is 6.45. The number of nitrogens with zero attached hydrogens (tertiary/aromatic N) is 3. The molecule has 1 aromatic carbocycles. The van der Waals surface area contributed by atoms with Crippen LogP contribution in [0.2, 0.25) is 10.0 Å². The fourth-order valence-electron chi connectivity index (χ4n) is 3.67. The number of hydrogen-bond acceptors (Lipinski definition) is 5. The highest BCUT2D eigenvalue weighted by atomic mass is 35.5. The molecule has 0 radical (unpaired) electrons. The number of hydrogen-bond donors (Lipinski definition) is 1. The third-order valence-corrected chi connectivity index (χ3v) is 5.60. The molecule has 0 bridgehead atoms. The predicted molar refractivity (Wildman–Crippen MR) is 117 cm³/mol. The van der Waals surface area contributed by atoms with E-state index in [4.69, 9.17) is 37.9 Å². The van der Waals surface area contributed by atoms with Crippen molar-refractivity contribution in [3.8, 4) is 11.3 Å². The van der Waals surface area contributed by atoms with Crippen LogP contribution < -0.4 is 5.32 Å². The van der Waals surface area contributed by atoms with E-state index in [0.29, 0.717) is 16.7 Å². The monoisotopic (exact) mass is 422 g/mol. The van der Waals surface area contributed by atoms with E-state index in [9.17, 15) is 0 Å². The molecule has 28 heavy (non-hydrogen) atoms. The number of nitrogens with one attached hydrogen (secondary N) is 1. The molecule has 1 aliphatic heterocycles. The summed E-state index contributed by atoms with van der Waals surface area (Å²) in [6.45, 7) is 8.75. The molecule has 0 spiro atoms. The highest BCUT2D eigenvalue weighted by Crippen LogP contribution is 2.33. The summed E-state index contributed by atoms with van der Waals surface area (Å²) < 4.78 is 5.93. The minimum atomic E-state index is 0.150. The fraction of sp³-hybridized carbons (Fsp3) is 0.524. The number of benzene rings is 1. The minimum Gasteiger partial charge on any atom is -0.375 e. The van der Waals surface area contributed by atoms with Gasteiger partial charge in [-0.25, -0.2) is 9.97 Å². The Morgan fingerprint density at radius 3 is 2.50 bits per heavy atom. The van der Waals surface area contributed by atoms with Gasteiger partial charge in [0.1, 0.15) is 5.82 Å². The van der Waals surface area contributed by atoms with Gasteiger partial charge in [-0.1, -0.05) is 37.0 Å². The number of ether oxygens (including phenoxy) is 1. The maximum absolute atomic E-state index is 6.45. The van der Waals surface area contributed by atoms with E-state index in [1.165, 1.54) is 0 Å². The molecule has 7 heteroatoms. The molecular formula is C21H28Cl2N4O. The molecule has 2 unspecified atom stereocenters. The molecule has 1 fully saturated rings. The van der Waals surface area contributed by atoms with Gasteiger partial charge in [0.2, 0.25) is 0 Å². The Labute approximate surface area is 177 Å². The Bertz CT molecular complexity index is 830. The molecule has 152 valence electrons. The van der Waals surface area contributed by atoms with Gasteiger partial charge < -0.3 is 15.0 Å². The van der Waals surface area contributed by atoms with Crippen LogP contribution >= 0.6 is 23.2 Å². The standard InChI is InChI=1S/C21H28Cl2N4O/c1-5-16-20(14-9-8-13(22)10-15(14)23)24-17(6-2)21(25-16)26-18-11-27(4)12-19(18)28-7-3/h8-10,18-19H,5-7,11-12H2,1-4H3,(H,25,26). The summed E-state index contributed by atoms with van der Waals surface area (Å²) in [4.78, 5) is 12.2. The molecule has 2 heterocycles. The second-order valence-corrected chi connectivity index (χ2v) is 7.95. The first-order valence-electron chi connectivity index (χ1n) is 9.88. The maximum Gasteiger partial charge on any atom is 0.148 e. The molecule has 5 nitrogen and oxygen atoms in total. The Morgan fingerprint density at radius 1 is 1.11 bits per heavy atom. The summed E-state index contributed by atoms with van der Waals surface area (Å²) >= 11 is 12.5. The number of anilines is 1. The van der Waals surface area contributed by atoms with Crippen molar-refractivity contribution in [2.45, 2.75) is 45.8 Å². The van der Waals surface area contributed by atoms with Crippen molar-refractivity contribution >= 4 is 29.0 Å². The number of likely N-dealkylation sites (tertiary alicyclic amines) is 1. The van der Waals surface area contributed by atoms with E-state index in [2.05, 4.69) is 31.1 Å². The summed E-state index contributed by atoms with van der Waals surface area (Å²) in [5.74, 6) is 0.846. The van der Waals surface area contributed by atoms with Crippen LogP contribution in [-0.4, -0.2) is 53.8 Å². The zero-order chi connectivity index (χ0) is 20.3. The first kappa shape index (κ1) is 21.3. The van der Waals surface area contributed by atoms with Crippen molar-refractivity contribution in [3.05, 3.63) is 39.6 Å². The number of likely N-dealkylation sites (N-methyl/N-ethyl adjacent to an activating group) is 1. The van der Waals surface area contributed by atoms with Crippen LogP contribution in [0.25, 0.3) is 11.3 Å². The first-order valence-corrected chi connectivity index (χ1v) is 10.6. The molecule has 0 amide bonds. The molecule has 1 aromatic heterocycles. The zero-order valence-corrected chi connectivity index (χ0v) is 18.4. The van der Waals surface area contributed by atoms with Crippen molar-refractivity contribution in [3.63, 3.8) is 0 Å². The predicted octanol–water partition coefficient (Wildman–Crippen LogP) is 4.71. The SMILES string of the molecule is CCOC1CN(C)CC1Nc1nc(CC)c(-c2ccc(Cl)cc2Cl)nc1CC. The van der Waals surface area contributed by atoms with Crippen molar-refractivity contribution in [1.82, 2.24) is 14.9 Å². The lowest BCUT2D eigenvalue weighted by molar-refractivity contribution is 0.0652. The van der Waals surface area contributed by atoms with E-state index in [0.717, 1.165) is 54.4 Å². The molecule has 3 rings (SSSR count). The van der Waals surface area contributed by atoms with Gasteiger partial charge in [-0.15, -0.1) is 0 Å². The van der Waals surface area contributed by atoms with E-state index in [1.54, 1.807) is 6.07 Å². The van der Waals surface area contributed by atoms with E-state index in [1.807, 2.05) is 19.1 Å². The van der Waals surface area contributed by atoms with Crippen molar-refractivity contribution in [1.29, 1.82) is 0 Å². The Hall–Kier alpha value is -1.40. The molecule has 1 aliphatic rings. The lowest BCUT2D eigenvalue weighted by atomic mass is 10.1. The van der Waals surface area contributed by atoms with Crippen molar-refractivity contribution < 1.29 is 4.74 Å². The number of aromatic nitrogens is 2. The second-order valence-electron chi connectivity index (χ2n) is 7.11. The highest BCUT2D eigenvalue weighted by Gasteiger charge is 2.32. The smallest absolute Gasteiger partial charge is 0.148 e. The van der Waals surface area contributed by atoms with Crippen molar-refractivity contribution in [2.75, 3.05) is 32.1 Å². The third kappa shape index (κ3) is 4.60. The van der Waals surface area contributed by atoms with Crippen LogP contribution in [0.1, 0.15) is 32.2 Å². The second kappa shape index (κ2) is 9.40. The Balaban J connectivity index is 1.97. The lowest BCUT2D eigenvalue weighted by Gasteiger charge is -2.22. The summed E-state index contributed by atoms with van der Waals surface area (Å²) in [6.07, 6.45) is 1.69. The third-order valence-electron chi connectivity index (χ3n) is 5.05. The normalized spacial score (nSPS) is 19.9. The molecule has 1 N–H and O–H groups in total. The lowest BCUT2D eigenvalue weighted by Crippen LogP contribution is -2.35. The largest absolute Gasteiger partial charge is 0.375 e. The van der Waals surface area contributed by atoms with E-state index < -0.39 is 0 Å². The average Bonchev–Trinajstić information content (AvgIpc) is 3.01. The van der Waals surface area contributed by atoms with Gasteiger partial charge in [0.25, 0.3) is 0 Å². The summed E-state index contributed by atoms with van der Waals surface area (Å²) in [5.41, 5.74) is 3.55. The van der Waals surface area contributed by atoms with Gasteiger partial charge in [-0.05, 0) is 45.0 Å². The van der Waals surface area contributed by atoms with Crippen LogP contribution in [0, 0.1) is 0 Å². The van der Waals surface area contributed by atoms with Gasteiger partial charge in [0, 0.05) is 30.3 Å². The summed E-state index contributed by atoms with van der Waals surface area (Å²) in [6, 6.07) is 5.69. The van der Waals surface area contributed by atoms with Crippen LogP contribution in [0.15, 0.2) is 18.2 Å². The Kier molecular flexibility index (Phi) is 7.15. The van der Waals surface area contributed by atoms with E-state index >= 15 is 0 Å². The first-order chi connectivity index (χ1) is 13.5. The minimum absolute atomic E-state index is 0.150. The quantitative estimate of drug-likeness (QED) is 0.699. The summed E-state index contributed by atoms with van der Waals surface area (Å²) in [5, 5.41) is 4.81. The summed E-state index contributed by atoms with van der Waals surface area (Å²) in [7, 11) is 2.11. The number of aryl methyl sites for hydroxylation is 2. The molecule has 2 aromatic rings. The van der Waals surface area contributed by atoms with Gasteiger partial charge in [-0.2, -0.15) is 0 Å². The molecule has 2 atom stereocenters. The number of rotatable bonds is 7. The fourth-order valence-corrected chi connectivity index (χ4v) is 4.17. The zero-order valence-electron chi connectivity index (χ0n) is 16.9. The van der Waals surface area contributed by atoms with Crippen molar-refractivity contribution in [2.24, 2.45) is 0 Å². The molecule has 0 aliphatic carbocycles. The van der Waals surface area contributed by atoms with Crippen LogP contribution in [-0.2, 0) is 17.6 Å². The Morgan fingerprint density at radius 2 is 1.86 bits per heavy atom. The van der Waals surface area contributed by atoms with Gasteiger partial charge in [-0.3, -0.25) is 0 Å².